The summed E-state index contributed by atoms with van der Waals surface area (Å²) in [5.41, 5.74) is 4.92. The van der Waals surface area contributed by atoms with E-state index in [4.69, 9.17) is 10.6 Å². The number of hydrogen-bond donors (Lipinski definition) is 2. The summed E-state index contributed by atoms with van der Waals surface area (Å²) in [6.45, 7) is 1.46. The van der Waals surface area contributed by atoms with E-state index < -0.39 is 12.0 Å². The van der Waals surface area contributed by atoms with Gasteiger partial charge in [-0.1, -0.05) is 6.07 Å². The number of rotatable bonds is 4. The lowest BCUT2D eigenvalue weighted by molar-refractivity contribution is -0.128. The molecule has 3 N–H and O–H groups in total. The number of nitrogens with zero attached hydrogens (tertiary/aromatic N) is 3. The third-order valence-electron chi connectivity index (χ3n) is 4.31. The number of amides is 2. The van der Waals surface area contributed by atoms with E-state index in [0.717, 1.165) is 22.0 Å². The Morgan fingerprint density at radius 3 is 2.93 bits per heavy atom. The van der Waals surface area contributed by atoms with Crippen LogP contribution in [0.15, 0.2) is 48.0 Å². The molecule has 2 amide bonds. The van der Waals surface area contributed by atoms with Gasteiger partial charge in [-0.05, 0) is 37.3 Å². The summed E-state index contributed by atoms with van der Waals surface area (Å²) in [5, 5.41) is 2.73. The Kier molecular flexibility index (Phi) is 4.76. The Balaban J connectivity index is 1.71. The monoisotopic (exact) mass is 395 g/mol. The average Bonchev–Trinajstić information content (AvgIpc) is 3.22. The van der Waals surface area contributed by atoms with Crippen LogP contribution in [-0.2, 0) is 9.59 Å². The molecule has 142 valence electrons. The number of nitrogens with two attached hydrogens (primary N) is 1. The summed E-state index contributed by atoms with van der Waals surface area (Å²) in [7, 11) is 0. The van der Waals surface area contributed by atoms with Crippen LogP contribution in [0.2, 0.25) is 0 Å². The van der Waals surface area contributed by atoms with E-state index in [1.54, 1.807) is 25.3 Å². The van der Waals surface area contributed by atoms with Crippen LogP contribution in [0.1, 0.15) is 6.92 Å². The highest BCUT2D eigenvalue weighted by molar-refractivity contribution is 7.13. The number of fused-ring (bicyclic) bond motifs is 1. The summed E-state index contributed by atoms with van der Waals surface area (Å²) in [4.78, 5) is 34.6. The molecule has 3 heterocycles. The van der Waals surface area contributed by atoms with Gasteiger partial charge in [-0.25, -0.2) is 10.8 Å². The number of pyridine rings is 1. The van der Waals surface area contributed by atoms with Gasteiger partial charge in [0.2, 0.25) is 0 Å². The van der Waals surface area contributed by atoms with Crippen LogP contribution in [0.5, 0.6) is 5.75 Å². The van der Waals surface area contributed by atoms with Gasteiger partial charge in [-0.3, -0.25) is 24.9 Å². The number of hydrogen-bond acceptors (Lipinski definition) is 7. The maximum absolute atomic E-state index is 12.5. The smallest absolute Gasteiger partial charge is 0.268 e. The van der Waals surface area contributed by atoms with E-state index in [-0.39, 0.29) is 12.5 Å². The van der Waals surface area contributed by atoms with Crippen LogP contribution in [-0.4, -0.2) is 34.4 Å². The first-order valence-corrected chi connectivity index (χ1v) is 9.43. The Bertz CT molecular complexity index is 1040. The fourth-order valence-corrected chi connectivity index (χ4v) is 3.74. The Morgan fingerprint density at radius 1 is 1.32 bits per heavy atom. The van der Waals surface area contributed by atoms with Crippen molar-refractivity contribution in [3.63, 3.8) is 0 Å². The molecular formula is C19H17N5O3S. The summed E-state index contributed by atoms with van der Waals surface area (Å²) in [5.74, 6) is 4.94. The van der Waals surface area contributed by atoms with Gasteiger partial charge in [0.1, 0.15) is 17.3 Å². The fraction of sp³-hybridized carbons (Fsp3) is 0.158. The molecular weight excluding hydrogens is 378 g/mol. The zero-order chi connectivity index (χ0) is 19.7. The molecule has 2 aromatic heterocycles. The standard InChI is InChI=1S/C19H17N5O3S/c1-11-19(26)24(9-17(25)23-20)15-8-12(5-6-16(15)27-11)14-10-28-18(22-14)13-4-2-3-7-21-13/h2-8,10-11H,9,20H2,1H3,(H,23,25). The van der Waals surface area contributed by atoms with Crippen LogP contribution in [0.4, 0.5) is 5.69 Å². The molecule has 28 heavy (non-hydrogen) atoms. The summed E-state index contributed by atoms with van der Waals surface area (Å²) < 4.78 is 5.67. The van der Waals surface area contributed by atoms with Gasteiger partial charge in [0, 0.05) is 17.1 Å². The molecule has 1 aliphatic rings. The van der Waals surface area contributed by atoms with E-state index in [0.29, 0.717) is 11.4 Å². The van der Waals surface area contributed by atoms with Crippen LogP contribution < -0.4 is 20.9 Å². The zero-order valence-corrected chi connectivity index (χ0v) is 15.8. The quantitative estimate of drug-likeness (QED) is 0.397. The zero-order valence-electron chi connectivity index (χ0n) is 15.0. The third-order valence-corrected chi connectivity index (χ3v) is 5.18. The fourth-order valence-electron chi connectivity index (χ4n) is 2.93. The van der Waals surface area contributed by atoms with Crippen LogP contribution in [0, 0.1) is 0 Å². The van der Waals surface area contributed by atoms with E-state index in [1.165, 1.54) is 16.2 Å². The van der Waals surface area contributed by atoms with Gasteiger partial charge in [-0.15, -0.1) is 11.3 Å². The maximum Gasteiger partial charge on any atom is 0.268 e. The number of anilines is 1. The minimum absolute atomic E-state index is 0.185. The van der Waals surface area contributed by atoms with E-state index in [1.807, 2.05) is 29.6 Å². The number of benzene rings is 1. The minimum Gasteiger partial charge on any atom is -0.479 e. The normalized spacial score (nSPS) is 15.7. The topological polar surface area (TPSA) is 110 Å². The largest absolute Gasteiger partial charge is 0.479 e. The predicted octanol–water partition coefficient (Wildman–Crippen LogP) is 1.98. The van der Waals surface area contributed by atoms with E-state index in [2.05, 4.69) is 15.4 Å². The van der Waals surface area contributed by atoms with Gasteiger partial charge in [-0.2, -0.15) is 0 Å². The number of hydrazine groups is 1. The molecule has 1 atom stereocenters. The van der Waals surface area contributed by atoms with E-state index >= 15 is 0 Å². The molecule has 9 heteroatoms. The van der Waals surface area contributed by atoms with Crippen molar-refractivity contribution in [3.8, 4) is 27.7 Å². The molecule has 0 saturated heterocycles. The third kappa shape index (κ3) is 3.32. The molecule has 1 aliphatic heterocycles. The maximum atomic E-state index is 12.5. The molecule has 4 rings (SSSR count). The van der Waals surface area contributed by atoms with Crippen molar-refractivity contribution in [1.82, 2.24) is 15.4 Å². The van der Waals surface area contributed by atoms with Crippen molar-refractivity contribution < 1.29 is 14.3 Å². The van der Waals surface area contributed by atoms with Gasteiger partial charge in [0.15, 0.2) is 6.10 Å². The van der Waals surface area contributed by atoms with Gasteiger partial charge in [0.25, 0.3) is 11.8 Å². The van der Waals surface area contributed by atoms with Crippen LogP contribution in [0.25, 0.3) is 22.0 Å². The number of aromatic nitrogens is 2. The molecule has 0 fully saturated rings. The highest BCUT2D eigenvalue weighted by Gasteiger charge is 2.33. The van der Waals surface area contributed by atoms with Crippen LogP contribution in [0.3, 0.4) is 0 Å². The number of carbonyl (C=O) groups excluding carboxylic acids is 2. The highest BCUT2D eigenvalue weighted by Crippen LogP contribution is 2.38. The van der Waals surface area contributed by atoms with Gasteiger partial charge in [0.05, 0.1) is 17.1 Å². The molecule has 8 nitrogen and oxygen atoms in total. The first-order valence-electron chi connectivity index (χ1n) is 8.55. The molecule has 1 unspecified atom stereocenters. The molecule has 0 aliphatic carbocycles. The second-order valence-corrected chi connectivity index (χ2v) is 7.05. The number of thiazole rings is 1. The van der Waals surface area contributed by atoms with Crippen molar-refractivity contribution in [3.05, 3.63) is 48.0 Å². The molecule has 0 bridgehead atoms. The summed E-state index contributed by atoms with van der Waals surface area (Å²) >= 11 is 1.48. The lowest BCUT2D eigenvalue weighted by atomic mass is 10.1. The minimum atomic E-state index is -0.682. The summed E-state index contributed by atoms with van der Waals surface area (Å²) in [6.07, 6.45) is 1.04. The Hall–Kier alpha value is -3.30. The van der Waals surface area contributed by atoms with Crippen molar-refractivity contribution >= 4 is 28.8 Å². The Morgan fingerprint density at radius 2 is 2.18 bits per heavy atom. The predicted molar refractivity (Wildman–Crippen MR) is 106 cm³/mol. The van der Waals surface area contributed by atoms with Crippen molar-refractivity contribution in [2.24, 2.45) is 5.84 Å². The second kappa shape index (κ2) is 7.37. The summed E-state index contributed by atoms with van der Waals surface area (Å²) in [6, 6.07) is 11.1. The van der Waals surface area contributed by atoms with E-state index in [9.17, 15) is 9.59 Å². The average molecular weight is 395 g/mol. The SMILES string of the molecule is CC1Oc2ccc(-c3csc(-c4ccccn4)n3)cc2N(CC(=O)NN)C1=O. The lowest BCUT2D eigenvalue weighted by Crippen LogP contribution is -2.49. The number of carbonyl (C=O) groups is 2. The molecule has 0 radical (unpaired) electrons. The first kappa shape index (κ1) is 18.1. The van der Waals surface area contributed by atoms with Gasteiger partial charge >= 0.3 is 0 Å². The Labute approximate surface area is 165 Å². The number of ether oxygens (including phenoxy) is 1. The van der Waals surface area contributed by atoms with Crippen molar-refractivity contribution in [2.75, 3.05) is 11.4 Å². The first-order chi connectivity index (χ1) is 13.6. The highest BCUT2D eigenvalue weighted by atomic mass is 32.1. The van der Waals surface area contributed by atoms with Crippen LogP contribution >= 0.6 is 11.3 Å². The second-order valence-electron chi connectivity index (χ2n) is 6.19. The van der Waals surface area contributed by atoms with Crippen molar-refractivity contribution in [1.29, 1.82) is 0 Å². The number of nitrogens with one attached hydrogen (secondary N) is 1. The lowest BCUT2D eigenvalue weighted by Gasteiger charge is -2.32. The molecule has 3 aromatic rings. The molecule has 0 saturated carbocycles. The van der Waals surface area contributed by atoms with Gasteiger partial charge < -0.3 is 4.74 Å². The molecule has 1 aromatic carbocycles. The molecule has 0 spiro atoms. The van der Waals surface area contributed by atoms with Crippen molar-refractivity contribution in [2.45, 2.75) is 13.0 Å².